The van der Waals surface area contributed by atoms with Crippen LogP contribution in [0.2, 0.25) is 0 Å². The van der Waals surface area contributed by atoms with Crippen LogP contribution in [-0.4, -0.2) is 22.7 Å². The van der Waals surface area contributed by atoms with Gasteiger partial charge in [0.2, 0.25) is 0 Å². The Bertz CT molecular complexity index is 1170. The predicted octanol–water partition coefficient (Wildman–Crippen LogP) is 3.36. The van der Waals surface area contributed by atoms with Crippen LogP contribution in [0.5, 0.6) is 0 Å². The molecule has 31 heavy (non-hydrogen) atoms. The number of rotatable bonds is 2. The number of carbonyl (C=O) groups is 3. The molecule has 0 saturated carbocycles. The number of imide groups is 1. The Balaban J connectivity index is 1.43. The van der Waals surface area contributed by atoms with Gasteiger partial charge < -0.3 is 0 Å². The summed E-state index contributed by atoms with van der Waals surface area (Å²) in [6.45, 7) is 0. The molecule has 1 N–H and O–H groups in total. The number of hydrogen-bond donors (Lipinski definition) is 1. The minimum absolute atomic E-state index is 0.215. The zero-order valence-electron chi connectivity index (χ0n) is 16.3. The van der Waals surface area contributed by atoms with Crippen molar-refractivity contribution in [2.24, 2.45) is 11.8 Å². The van der Waals surface area contributed by atoms with Crippen molar-refractivity contribution in [1.29, 1.82) is 0 Å². The van der Waals surface area contributed by atoms with Gasteiger partial charge in [0.15, 0.2) is 0 Å². The average Bonchev–Trinajstić information content (AvgIpc) is 3.05. The van der Waals surface area contributed by atoms with Gasteiger partial charge in [0.25, 0.3) is 17.7 Å². The van der Waals surface area contributed by atoms with Gasteiger partial charge in [-0.3, -0.25) is 19.8 Å². The summed E-state index contributed by atoms with van der Waals surface area (Å²) in [5.41, 5.74) is 6.36. The van der Waals surface area contributed by atoms with Crippen LogP contribution in [0, 0.1) is 17.7 Å². The molecule has 0 unspecified atom stereocenters. The van der Waals surface area contributed by atoms with Gasteiger partial charge in [0, 0.05) is 11.8 Å². The number of hydrazine groups is 1. The first kappa shape index (κ1) is 18.0. The maximum Gasteiger partial charge on any atom is 0.273 e. The van der Waals surface area contributed by atoms with Crippen molar-refractivity contribution in [2.45, 2.75) is 11.8 Å². The van der Waals surface area contributed by atoms with Crippen molar-refractivity contribution in [2.75, 3.05) is 0 Å². The Morgan fingerprint density at radius 1 is 0.710 bits per heavy atom. The lowest BCUT2D eigenvalue weighted by molar-refractivity contribution is -0.142. The van der Waals surface area contributed by atoms with Crippen molar-refractivity contribution < 1.29 is 18.8 Å². The van der Waals surface area contributed by atoms with Gasteiger partial charge in [-0.05, 0) is 34.4 Å². The van der Waals surface area contributed by atoms with Crippen LogP contribution in [-0.2, 0) is 9.59 Å². The Labute approximate surface area is 177 Å². The molecule has 1 saturated heterocycles. The van der Waals surface area contributed by atoms with Crippen molar-refractivity contribution in [3.05, 3.63) is 106 Å². The maximum absolute atomic E-state index is 14.0. The topological polar surface area (TPSA) is 66.5 Å². The highest BCUT2D eigenvalue weighted by Crippen LogP contribution is 2.60. The van der Waals surface area contributed by atoms with E-state index in [-0.39, 0.29) is 17.4 Å². The summed E-state index contributed by atoms with van der Waals surface area (Å²) in [5.74, 6) is -4.12. The van der Waals surface area contributed by atoms with Gasteiger partial charge in [0.1, 0.15) is 5.82 Å². The van der Waals surface area contributed by atoms with Gasteiger partial charge in [-0.15, -0.1) is 0 Å². The van der Waals surface area contributed by atoms with E-state index >= 15 is 0 Å². The van der Waals surface area contributed by atoms with Crippen molar-refractivity contribution in [3.63, 3.8) is 0 Å². The Morgan fingerprint density at radius 2 is 1.13 bits per heavy atom. The molecule has 1 aliphatic heterocycles. The molecule has 5 nitrogen and oxygen atoms in total. The zero-order chi connectivity index (χ0) is 21.3. The fourth-order valence-corrected chi connectivity index (χ4v) is 5.59. The fourth-order valence-electron chi connectivity index (χ4n) is 5.59. The van der Waals surface area contributed by atoms with Crippen molar-refractivity contribution >= 4 is 17.7 Å². The molecule has 6 heteroatoms. The number of halogens is 1. The summed E-state index contributed by atoms with van der Waals surface area (Å²) in [5, 5.41) is 0.807. The average molecular weight is 412 g/mol. The molecule has 1 fully saturated rings. The number of amides is 3. The number of benzene rings is 3. The molecule has 2 atom stereocenters. The predicted molar refractivity (Wildman–Crippen MR) is 109 cm³/mol. The SMILES string of the molecule is O=C(NN1C(=O)[C@@H]2C3c4ccccc4C(c4ccccc43)[C@H]2C1=O)c1ccccc1F. The van der Waals surface area contributed by atoms with Crippen LogP contribution in [0.4, 0.5) is 4.39 Å². The van der Waals surface area contributed by atoms with Crippen LogP contribution < -0.4 is 5.43 Å². The van der Waals surface area contributed by atoms with Crippen molar-refractivity contribution in [3.8, 4) is 0 Å². The van der Waals surface area contributed by atoms with Crippen LogP contribution in [0.3, 0.4) is 0 Å². The van der Waals surface area contributed by atoms with E-state index in [0.29, 0.717) is 0 Å². The first-order chi connectivity index (χ1) is 15.1. The number of nitrogens with one attached hydrogen (secondary N) is 1. The van der Waals surface area contributed by atoms with Gasteiger partial charge in [0.05, 0.1) is 17.4 Å². The van der Waals surface area contributed by atoms with E-state index in [1.807, 2.05) is 48.5 Å². The van der Waals surface area contributed by atoms with Gasteiger partial charge in [-0.1, -0.05) is 60.7 Å². The number of carbonyl (C=O) groups excluding carboxylic acids is 3. The maximum atomic E-state index is 14.0. The molecule has 3 aromatic rings. The largest absolute Gasteiger partial charge is 0.273 e. The first-order valence-corrected chi connectivity index (χ1v) is 10.2. The van der Waals surface area contributed by atoms with E-state index in [9.17, 15) is 18.8 Å². The van der Waals surface area contributed by atoms with E-state index in [4.69, 9.17) is 0 Å². The third kappa shape index (κ3) is 2.33. The van der Waals surface area contributed by atoms with Crippen molar-refractivity contribution in [1.82, 2.24) is 10.4 Å². The molecule has 3 amide bonds. The summed E-state index contributed by atoms with van der Waals surface area (Å²) < 4.78 is 14.0. The van der Waals surface area contributed by atoms with E-state index in [2.05, 4.69) is 5.43 Å². The molecular weight excluding hydrogens is 395 g/mol. The summed E-state index contributed by atoms with van der Waals surface area (Å²) >= 11 is 0. The van der Waals surface area contributed by atoms with Crippen LogP contribution in [0.15, 0.2) is 72.8 Å². The lowest BCUT2D eigenvalue weighted by atomic mass is 9.55. The molecule has 1 heterocycles. The Kier molecular flexibility index (Phi) is 3.69. The highest BCUT2D eigenvalue weighted by atomic mass is 19.1. The first-order valence-electron chi connectivity index (χ1n) is 10.2. The molecule has 3 aromatic carbocycles. The third-order valence-corrected chi connectivity index (χ3v) is 6.78. The highest BCUT2D eigenvalue weighted by molar-refractivity contribution is 6.09. The standard InChI is InChI=1S/C25H17FN2O3/c26-18-12-6-5-11-17(18)23(29)27-28-24(30)21-19-13-7-1-2-8-14(13)20(22(21)25(28)31)16-10-4-3-9-15(16)19/h1-12,19-22H,(H,27,29)/t19?,20?,21-,22-/m1/s1. The summed E-state index contributed by atoms with van der Waals surface area (Å²) in [4.78, 5) is 39.5. The second kappa shape index (κ2) is 6.35. The summed E-state index contributed by atoms with van der Waals surface area (Å²) in [6, 6.07) is 21.3. The minimum Gasteiger partial charge on any atom is -0.272 e. The fraction of sp³-hybridized carbons (Fsp3) is 0.160. The summed E-state index contributed by atoms with van der Waals surface area (Å²) in [7, 11) is 0. The van der Waals surface area contributed by atoms with E-state index < -0.39 is 35.4 Å². The monoisotopic (exact) mass is 412 g/mol. The second-order valence-electron chi connectivity index (χ2n) is 8.20. The van der Waals surface area contributed by atoms with Gasteiger partial charge in [-0.2, -0.15) is 5.01 Å². The highest BCUT2D eigenvalue weighted by Gasteiger charge is 2.62. The van der Waals surface area contributed by atoms with Crippen LogP contribution in [0.25, 0.3) is 0 Å². The lowest BCUT2D eigenvalue weighted by Gasteiger charge is -2.45. The van der Waals surface area contributed by atoms with Gasteiger partial charge >= 0.3 is 0 Å². The van der Waals surface area contributed by atoms with Gasteiger partial charge in [-0.25, -0.2) is 4.39 Å². The molecule has 3 aliphatic carbocycles. The molecule has 152 valence electrons. The van der Waals surface area contributed by atoms with E-state index in [1.54, 1.807) is 0 Å². The van der Waals surface area contributed by atoms with E-state index in [1.165, 1.54) is 18.2 Å². The number of hydrogen-bond acceptors (Lipinski definition) is 3. The molecule has 2 bridgehead atoms. The quantitative estimate of drug-likeness (QED) is 0.657. The summed E-state index contributed by atoms with van der Waals surface area (Å²) in [6.07, 6.45) is 0. The number of nitrogens with zero attached hydrogens (tertiary/aromatic N) is 1. The van der Waals surface area contributed by atoms with Crippen LogP contribution in [0.1, 0.15) is 44.4 Å². The Hall–Kier alpha value is -3.80. The van der Waals surface area contributed by atoms with Crippen LogP contribution >= 0.6 is 0 Å². The lowest BCUT2D eigenvalue weighted by Crippen LogP contribution is -2.47. The molecule has 4 aliphatic rings. The molecule has 7 rings (SSSR count). The van der Waals surface area contributed by atoms with E-state index in [0.717, 1.165) is 33.3 Å². The molecule has 0 radical (unpaired) electrons. The molecular formula is C25H17FN2O3. The third-order valence-electron chi connectivity index (χ3n) is 6.78. The smallest absolute Gasteiger partial charge is 0.272 e. The molecule has 0 aromatic heterocycles. The minimum atomic E-state index is -0.819. The molecule has 0 spiro atoms. The second-order valence-corrected chi connectivity index (χ2v) is 8.20. The normalized spacial score (nSPS) is 25.1. The Morgan fingerprint density at radius 3 is 1.58 bits per heavy atom. The zero-order valence-corrected chi connectivity index (χ0v) is 16.3.